The predicted octanol–water partition coefficient (Wildman–Crippen LogP) is 2.09. The highest BCUT2D eigenvalue weighted by Gasteiger charge is 2.16. The van der Waals surface area contributed by atoms with Crippen LogP contribution in [0.15, 0.2) is 18.3 Å². The lowest BCUT2D eigenvalue weighted by Gasteiger charge is -2.27. The normalized spacial score (nSPS) is 16.4. The molecule has 0 radical (unpaired) electrons. The number of hydrogen-bond donors (Lipinski definition) is 2. The summed E-state index contributed by atoms with van der Waals surface area (Å²) in [4.78, 5) is 4.16. The highest BCUT2D eigenvalue weighted by molar-refractivity contribution is 5.52. The summed E-state index contributed by atoms with van der Waals surface area (Å²) in [5.41, 5.74) is 1.17. The van der Waals surface area contributed by atoms with E-state index in [1.54, 1.807) is 0 Å². The molecule has 0 spiro atoms. The quantitative estimate of drug-likeness (QED) is 0.742. The van der Waals surface area contributed by atoms with Gasteiger partial charge in [0.15, 0.2) is 0 Å². The fraction of sp³-hybridized carbons (Fsp3) is 0.500. The third kappa shape index (κ3) is 1.91. The Hall–Kier alpha value is -1.25. The Bertz CT molecular complexity index is 281. The van der Waals surface area contributed by atoms with Crippen molar-refractivity contribution in [1.29, 1.82) is 0 Å². The van der Waals surface area contributed by atoms with Crippen LogP contribution >= 0.6 is 0 Å². The average Bonchev–Trinajstić information content (AvgIpc) is 2.12. The summed E-state index contributed by atoms with van der Waals surface area (Å²) in [7, 11) is 1.88. The second-order valence-corrected chi connectivity index (χ2v) is 3.45. The third-order valence-corrected chi connectivity index (χ3v) is 2.49. The molecule has 0 aliphatic heterocycles. The lowest BCUT2D eigenvalue weighted by molar-refractivity contribution is 0.445. The van der Waals surface area contributed by atoms with Crippen LogP contribution in [0.4, 0.5) is 11.5 Å². The molecule has 3 nitrogen and oxygen atoms in total. The molecular formula is C10H15N3. The van der Waals surface area contributed by atoms with Crippen LogP contribution in [-0.4, -0.2) is 18.1 Å². The van der Waals surface area contributed by atoms with E-state index in [0.29, 0.717) is 6.04 Å². The Morgan fingerprint density at radius 1 is 1.46 bits per heavy atom. The Morgan fingerprint density at radius 2 is 2.31 bits per heavy atom. The van der Waals surface area contributed by atoms with Gasteiger partial charge in [0, 0.05) is 31.0 Å². The van der Waals surface area contributed by atoms with E-state index in [4.69, 9.17) is 0 Å². The van der Waals surface area contributed by atoms with Gasteiger partial charge in [-0.1, -0.05) is 0 Å². The highest BCUT2D eigenvalue weighted by Crippen LogP contribution is 2.23. The van der Waals surface area contributed by atoms with Crippen LogP contribution in [0.5, 0.6) is 0 Å². The van der Waals surface area contributed by atoms with Gasteiger partial charge >= 0.3 is 0 Å². The lowest BCUT2D eigenvalue weighted by atomic mass is 9.93. The number of hydrogen-bond acceptors (Lipinski definition) is 3. The van der Waals surface area contributed by atoms with Crippen LogP contribution in [0.1, 0.15) is 19.3 Å². The second-order valence-electron chi connectivity index (χ2n) is 3.45. The van der Waals surface area contributed by atoms with Crippen molar-refractivity contribution in [2.45, 2.75) is 25.3 Å². The predicted molar refractivity (Wildman–Crippen MR) is 55.0 cm³/mol. The first kappa shape index (κ1) is 8.35. The number of pyridine rings is 1. The van der Waals surface area contributed by atoms with E-state index in [1.165, 1.54) is 24.9 Å². The van der Waals surface area contributed by atoms with Crippen molar-refractivity contribution >= 4 is 11.5 Å². The zero-order valence-electron chi connectivity index (χ0n) is 7.88. The van der Waals surface area contributed by atoms with E-state index in [0.717, 1.165) is 5.82 Å². The van der Waals surface area contributed by atoms with Crippen LogP contribution in [0.2, 0.25) is 0 Å². The number of nitrogens with zero attached hydrogens (tertiary/aromatic N) is 1. The first-order valence-electron chi connectivity index (χ1n) is 4.79. The highest BCUT2D eigenvalue weighted by atomic mass is 15.0. The molecule has 13 heavy (non-hydrogen) atoms. The summed E-state index contributed by atoms with van der Waals surface area (Å²) in [6.07, 6.45) is 5.79. The molecule has 1 aromatic heterocycles. The van der Waals surface area contributed by atoms with Crippen molar-refractivity contribution in [3.05, 3.63) is 18.3 Å². The van der Waals surface area contributed by atoms with Crippen LogP contribution in [0.3, 0.4) is 0 Å². The minimum Gasteiger partial charge on any atom is -0.382 e. The zero-order chi connectivity index (χ0) is 9.10. The van der Waals surface area contributed by atoms with Gasteiger partial charge in [0.2, 0.25) is 0 Å². The van der Waals surface area contributed by atoms with Crippen molar-refractivity contribution < 1.29 is 0 Å². The number of nitrogens with one attached hydrogen (secondary N) is 2. The molecule has 70 valence electrons. The van der Waals surface area contributed by atoms with Gasteiger partial charge in [-0.15, -0.1) is 0 Å². The Labute approximate surface area is 78.6 Å². The molecule has 0 aromatic carbocycles. The molecule has 2 N–H and O–H groups in total. The third-order valence-electron chi connectivity index (χ3n) is 2.49. The van der Waals surface area contributed by atoms with Crippen LogP contribution in [0.25, 0.3) is 0 Å². The first-order chi connectivity index (χ1) is 6.38. The van der Waals surface area contributed by atoms with Crippen molar-refractivity contribution in [2.24, 2.45) is 0 Å². The molecular weight excluding hydrogens is 162 g/mol. The van der Waals surface area contributed by atoms with Gasteiger partial charge in [-0.2, -0.15) is 0 Å². The summed E-state index contributed by atoms with van der Waals surface area (Å²) >= 11 is 0. The minimum absolute atomic E-state index is 0.687. The average molecular weight is 177 g/mol. The molecule has 1 aliphatic carbocycles. The molecule has 1 aromatic rings. The number of aromatic nitrogens is 1. The minimum atomic E-state index is 0.687. The van der Waals surface area contributed by atoms with E-state index >= 15 is 0 Å². The summed E-state index contributed by atoms with van der Waals surface area (Å²) in [6, 6.07) is 4.74. The molecule has 0 amide bonds. The molecule has 1 heterocycles. The van der Waals surface area contributed by atoms with Gasteiger partial charge in [0.1, 0.15) is 5.82 Å². The lowest BCUT2D eigenvalue weighted by Crippen LogP contribution is -2.26. The summed E-state index contributed by atoms with van der Waals surface area (Å²) < 4.78 is 0. The fourth-order valence-corrected chi connectivity index (χ4v) is 1.45. The van der Waals surface area contributed by atoms with Gasteiger partial charge in [0.05, 0.1) is 0 Å². The smallest absolute Gasteiger partial charge is 0.127 e. The largest absolute Gasteiger partial charge is 0.382 e. The molecule has 0 unspecified atom stereocenters. The van der Waals surface area contributed by atoms with Crippen LogP contribution in [0, 0.1) is 0 Å². The standard InChI is InChI=1S/C10H15N3/c1-11-10-7-9(5-6-12-10)13-8-3-2-4-8/h5-8H,2-4H2,1H3,(H2,11,12,13). The zero-order valence-corrected chi connectivity index (χ0v) is 7.88. The molecule has 1 saturated carbocycles. The topological polar surface area (TPSA) is 37.0 Å². The van der Waals surface area contributed by atoms with E-state index in [-0.39, 0.29) is 0 Å². The molecule has 0 bridgehead atoms. The Balaban J connectivity index is 2.01. The summed E-state index contributed by atoms with van der Waals surface area (Å²) in [5, 5.41) is 6.50. The molecule has 1 aliphatic rings. The molecule has 0 atom stereocenters. The monoisotopic (exact) mass is 177 g/mol. The van der Waals surface area contributed by atoms with Gasteiger partial charge in [-0.3, -0.25) is 0 Å². The Morgan fingerprint density at radius 3 is 2.92 bits per heavy atom. The van der Waals surface area contributed by atoms with E-state index in [9.17, 15) is 0 Å². The maximum Gasteiger partial charge on any atom is 0.127 e. The van der Waals surface area contributed by atoms with Gasteiger partial charge in [-0.05, 0) is 25.3 Å². The van der Waals surface area contributed by atoms with Crippen LogP contribution < -0.4 is 10.6 Å². The molecule has 1 fully saturated rings. The Kier molecular flexibility index (Phi) is 2.34. The van der Waals surface area contributed by atoms with E-state index in [2.05, 4.69) is 15.6 Å². The maximum absolute atomic E-state index is 4.16. The van der Waals surface area contributed by atoms with Crippen LogP contribution in [-0.2, 0) is 0 Å². The van der Waals surface area contributed by atoms with E-state index in [1.807, 2.05) is 25.4 Å². The maximum atomic E-state index is 4.16. The van der Waals surface area contributed by atoms with Crippen molar-refractivity contribution in [3.63, 3.8) is 0 Å². The second kappa shape index (κ2) is 3.64. The summed E-state index contributed by atoms with van der Waals surface area (Å²) in [5.74, 6) is 0.921. The number of rotatable bonds is 3. The molecule has 2 rings (SSSR count). The SMILES string of the molecule is CNc1cc(NC2CCC2)ccn1. The first-order valence-corrected chi connectivity index (χ1v) is 4.79. The van der Waals surface area contributed by atoms with Gasteiger partial charge < -0.3 is 10.6 Å². The van der Waals surface area contributed by atoms with Crippen molar-refractivity contribution in [2.75, 3.05) is 17.7 Å². The number of anilines is 2. The van der Waals surface area contributed by atoms with Gasteiger partial charge in [-0.25, -0.2) is 4.98 Å². The molecule has 0 saturated heterocycles. The fourth-order valence-electron chi connectivity index (χ4n) is 1.45. The van der Waals surface area contributed by atoms with E-state index < -0.39 is 0 Å². The van der Waals surface area contributed by atoms with Crippen molar-refractivity contribution in [3.8, 4) is 0 Å². The van der Waals surface area contributed by atoms with Gasteiger partial charge in [0.25, 0.3) is 0 Å². The summed E-state index contributed by atoms with van der Waals surface area (Å²) in [6.45, 7) is 0. The molecule has 3 heteroatoms. The van der Waals surface area contributed by atoms with Crippen molar-refractivity contribution in [1.82, 2.24) is 4.98 Å².